The number of halogens is 1. The van der Waals surface area contributed by atoms with Gasteiger partial charge in [0.1, 0.15) is 5.69 Å². The summed E-state index contributed by atoms with van der Waals surface area (Å²) in [5.41, 5.74) is 11.4. The maximum absolute atomic E-state index is 13.2. The molecule has 1 aromatic heterocycles. The first kappa shape index (κ1) is 22.9. The average Bonchev–Trinajstić information content (AvgIpc) is 3.08. The van der Waals surface area contributed by atoms with Crippen LogP contribution >= 0.6 is 11.6 Å². The van der Waals surface area contributed by atoms with Gasteiger partial charge in [-0.25, -0.2) is 13.1 Å². The van der Waals surface area contributed by atoms with E-state index in [-0.39, 0.29) is 10.6 Å². The molecule has 0 bridgehead atoms. The Hall–Kier alpha value is -3.29. The summed E-state index contributed by atoms with van der Waals surface area (Å²) < 4.78 is 29.7. The predicted octanol–water partition coefficient (Wildman–Crippen LogP) is 4.97. The van der Waals surface area contributed by atoms with Crippen molar-refractivity contribution in [2.24, 2.45) is 0 Å². The Morgan fingerprint density at radius 2 is 1.70 bits per heavy atom. The molecule has 0 saturated carbocycles. The third kappa shape index (κ3) is 4.60. The van der Waals surface area contributed by atoms with E-state index in [0.29, 0.717) is 17.3 Å². The Balaban J connectivity index is 1.80. The molecule has 0 unspecified atom stereocenters. The van der Waals surface area contributed by atoms with E-state index in [9.17, 15) is 13.2 Å². The van der Waals surface area contributed by atoms with Gasteiger partial charge in [-0.3, -0.25) is 4.79 Å². The van der Waals surface area contributed by atoms with Gasteiger partial charge in [0, 0.05) is 28.2 Å². The highest BCUT2D eigenvalue weighted by atomic mass is 35.5. The quantitative estimate of drug-likeness (QED) is 0.393. The topological polar surface area (TPSA) is 94.2 Å². The first-order valence-electron chi connectivity index (χ1n) is 10.3. The van der Waals surface area contributed by atoms with Crippen LogP contribution in [-0.2, 0) is 16.6 Å². The predicted molar refractivity (Wildman–Crippen MR) is 132 cm³/mol. The summed E-state index contributed by atoms with van der Waals surface area (Å²) >= 11 is 6.17. The molecule has 0 aliphatic rings. The van der Waals surface area contributed by atoms with Crippen LogP contribution in [0.15, 0.2) is 65.6 Å². The number of amides is 1. The van der Waals surface area contributed by atoms with Crippen LogP contribution in [0.25, 0.3) is 10.9 Å². The van der Waals surface area contributed by atoms with Crippen molar-refractivity contribution < 1.29 is 13.2 Å². The zero-order valence-corrected chi connectivity index (χ0v) is 20.1. The molecule has 6 nitrogen and oxygen atoms in total. The van der Waals surface area contributed by atoms with Crippen LogP contribution in [0.5, 0.6) is 0 Å². The number of hydrogen-bond donors (Lipinski definition) is 2. The molecule has 0 atom stereocenters. The molecule has 0 fully saturated rings. The van der Waals surface area contributed by atoms with E-state index in [1.807, 2.05) is 31.4 Å². The van der Waals surface area contributed by atoms with Gasteiger partial charge in [0.15, 0.2) is 0 Å². The van der Waals surface area contributed by atoms with Crippen molar-refractivity contribution in [2.45, 2.75) is 32.2 Å². The average molecular weight is 482 g/mol. The minimum absolute atomic E-state index is 0.0771. The van der Waals surface area contributed by atoms with Crippen LogP contribution in [-0.4, -0.2) is 18.9 Å². The van der Waals surface area contributed by atoms with E-state index in [2.05, 4.69) is 16.9 Å². The van der Waals surface area contributed by atoms with Gasteiger partial charge in [0.2, 0.25) is 0 Å². The molecule has 33 heavy (non-hydrogen) atoms. The molecule has 170 valence electrons. The normalized spacial score (nSPS) is 11.6. The molecule has 0 aliphatic carbocycles. The minimum Gasteiger partial charge on any atom is -0.399 e. The Morgan fingerprint density at radius 3 is 2.36 bits per heavy atom. The number of nitrogens with two attached hydrogens (primary N) is 1. The highest BCUT2D eigenvalue weighted by molar-refractivity contribution is 7.90. The highest BCUT2D eigenvalue weighted by Crippen LogP contribution is 2.27. The van der Waals surface area contributed by atoms with Crippen LogP contribution in [0.1, 0.15) is 32.7 Å². The van der Waals surface area contributed by atoms with Crippen LogP contribution < -0.4 is 10.5 Å². The third-order valence-corrected chi connectivity index (χ3v) is 7.21. The number of rotatable bonds is 5. The number of hydrogen-bond acceptors (Lipinski definition) is 4. The van der Waals surface area contributed by atoms with E-state index in [1.54, 1.807) is 24.3 Å². The zero-order valence-electron chi connectivity index (χ0n) is 18.5. The summed E-state index contributed by atoms with van der Waals surface area (Å²) in [6, 6.07) is 17.0. The van der Waals surface area contributed by atoms with Crippen LogP contribution in [0, 0.1) is 20.8 Å². The fourth-order valence-corrected chi connectivity index (χ4v) is 5.33. The molecular formula is C25H24ClN3O3S. The van der Waals surface area contributed by atoms with E-state index < -0.39 is 15.9 Å². The van der Waals surface area contributed by atoms with E-state index in [4.69, 9.17) is 17.3 Å². The van der Waals surface area contributed by atoms with Gasteiger partial charge in [-0.15, -0.1) is 0 Å². The lowest BCUT2D eigenvalue weighted by atomic mass is 9.99. The minimum atomic E-state index is -4.11. The fraction of sp³-hybridized carbons (Fsp3) is 0.160. The van der Waals surface area contributed by atoms with Gasteiger partial charge in [-0.1, -0.05) is 35.4 Å². The molecule has 0 spiro atoms. The lowest BCUT2D eigenvalue weighted by Crippen LogP contribution is -2.32. The van der Waals surface area contributed by atoms with Crippen LogP contribution in [0.4, 0.5) is 5.69 Å². The SMILES string of the molecule is Cc1cc(C)c(Cn2c(C(=O)NS(=O)(=O)c3cccc(N)c3)cc3cc(Cl)ccc32)c(C)c1. The number of carbonyl (C=O) groups excluding carboxylic acids is 1. The zero-order chi connectivity index (χ0) is 23.9. The first-order valence-corrected chi connectivity index (χ1v) is 12.2. The number of nitrogen functional groups attached to an aromatic ring is 1. The maximum Gasteiger partial charge on any atom is 0.281 e. The van der Waals surface area contributed by atoms with Crippen molar-refractivity contribution >= 4 is 44.1 Å². The van der Waals surface area contributed by atoms with E-state index in [1.165, 1.54) is 18.2 Å². The smallest absolute Gasteiger partial charge is 0.281 e. The van der Waals surface area contributed by atoms with Crippen molar-refractivity contribution in [2.75, 3.05) is 5.73 Å². The summed E-state index contributed by atoms with van der Waals surface area (Å²) in [6.45, 7) is 6.50. The van der Waals surface area contributed by atoms with Crippen molar-refractivity contribution in [3.63, 3.8) is 0 Å². The van der Waals surface area contributed by atoms with Gasteiger partial charge in [0.25, 0.3) is 15.9 Å². The second-order valence-corrected chi connectivity index (χ2v) is 10.3. The Morgan fingerprint density at radius 1 is 1.00 bits per heavy atom. The molecule has 4 rings (SSSR count). The number of benzene rings is 3. The van der Waals surface area contributed by atoms with Gasteiger partial charge in [0.05, 0.1) is 4.90 Å². The maximum atomic E-state index is 13.2. The Bertz CT molecular complexity index is 1480. The number of sulfonamides is 1. The number of nitrogens with zero attached hydrogens (tertiary/aromatic N) is 1. The third-order valence-electron chi connectivity index (χ3n) is 5.65. The number of carbonyl (C=O) groups is 1. The number of fused-ring (bicyclic) bond motifs is 1. The number of nitrogens with one attached hydrogen (secondary N) is 1. The van der Waals surface area contributed by atoms with Gasteiger partial charge in [-0.2, -0.15) is 0 Å². The van der Waals surface area contributed by atoms with E-state index >= 15 is 0 Å². The van der Waals surface area contributed by atoms with Crippen molar-refractivity contribution in [3.8, 4) is 0 Å². The highest BCUT2D eigenvalue weighted by Gasteiger charge is 2.23. The lowest BCUT2D eigenvalue weighted by molar-refractivity contribution is 0.0973. The molecule has 0 saturated heterocycles. The summed E-state index contributed by atoms with van der Waals surface area (Å²) in [6.07, 6.45) is 0. The number of aromatic nitrogens is 1. The molecule has 8 heteroatoms. The van der Waals surface area contributed by atoms with Crippen molar-refractivity contribution in [1.82, 2.24) is 9.29 Å². The summed E-state index contributed by atoms with van der Waals surface area (Å²) in [5, 5.41) is 1.28. The van der Waals surface area contributed by atoms with Crippen LogP contribution in [0.2, 0.25) is 5.02 Å². The van der Waals surface area contributed by atoms with Crippen molar-refractivity contribution in [1.29, 1.82) is 0 Å². The largest absolute Gasteiger partial charge is 0.399 e. The molecular weight excluding hydrogens is 458 g/mol. The molecule has 3 N–H and O–H groups in total. The van der Waals surface area contributed by atoms with Crippen LogP contribution in [0.3, 0.4) is 0 Å². The molecule has 0 aliphatic heterocycles. The number of anilines is 1. The monoisotopic (exact) mass is 481 g/mol. The van der Waals surface area contributed by atoms with E-state index in [0.717, 1.165) is 33.2 Å². The molecule has 1 heterocycles. The molecule has 3 aromatic carbocycles. The van der Waals surface area contributed by atoms with Gasteiger partial charge in [-0.05, 0) is 79.9 Å². The van der Waals surface area contributed by atoms with Gasteiger partial charge < -0.3 is 10.3 Å². The molecule has 4 aromatic rings. The summed E-state index contributed by atoms with van der Waals surface area (Å²) in [7, 11) is -4.11. The van der Waals surface area contributed by atoms with Gasteiger partial charge >= 0.3 is 0 Å². The standard InChI is InChI=1S/C25H24ClN3O3S/c1-15-9-16(2)22(17(3)10-15)14-29-23-8-7-19(26)11-18(23)12-24(29)25(30)28-33(31,32)21-6-4-5-20(27)13-21/h4-13H,14,27H2,1-3H3,(H,28,30). The second kappa shape index (κ2) is 8.57. The summed E-state index contributed by atoms with van der Waals surface area (Å²) in [5.74, 6) is -0.729. The molecule has 0 radical (unpaired) electrons. The second-order valence-electron chi connectivity index (χ2n) is 8.20. The lowest BCUT2D eigenvalue weighted by Gasteiger charge is -2.16. The van der Waals surface area contributed by atoms with Crippen molar-refractivity contribution in [3.05, 3.63) is 93.6 Å². The summed E-state index contributed by atoms with van der Waals surface area (Å²) in [4.78, 5) is 13.2. The first-order chi connectivity index (χ1) is 15.5. The Labute approximate surface area is 198 Å². The molecule has 1 amide bonds. The fourth-order valence-electron chi connectivity index (χ4n) is 4.13. The number of aryl methyl sites for hydroxylation is 3. The Kier molecular flexibility index (Phi) is 5.95.